The standard InChI is InChI=1S/C14H12ClNO3S/c1-19-13-7-4-11(15)8-14(13)20(18)16-12-5-2-10(9-17)3-6-12/h2-9,16H,1H3. The lowest BCUT2D eigenvalue weighted by Gasteiger charge is -2.10. The molecule has 2 rings (SSSR count). The predicted octanol–water partition coefficient (Wildman–Crippen LogP) is 3.30. The Morgan fingerprint density at radius 1 is 1.20 bits per heavy atom. The molecule has 6 heteroatoms. The van der Waals surface area contributed by atoms with E-state index in [0.29, 0.717) is 26.9 Å². The minimum Gasteiger partial charge on any atom is -0.495 e. The van der Waals surface area contributed by atoms with E-state index in [2.05, 4.69) is 4.72 Å². The predicted molar refractivity (Wildman–Crippen MR) is 79.9 cm³/mol. The van der Waals surface area contributed by atoms with Gasteiger partial charge in [0.2, 0.25) is 0 Å². The van der Waals surface area contributed by atoms with Crippen molar-refractivity contribution < 1.29 is 13.7 Å². The van der Waals surface area contributed by atoms with Crippen LogP contribution in [0.3, 0.4) is 0 Å². The van der Waals surface area contributed by atoms with Crippen LogP contribution in [-0.4, -0.2) is 17.6 Å². The number of benzene rings is 2. The van der Waals surface area contributed by atoms with Gasteiger partial charge in [0.05, 0.1) is 7.11 Å². The molecule has 0 radical (unpaired) electrons. The fourth-order valence-electron chi connectivity index (χ4n) is 1.59. The van der Waals surface area contributed by atoms with E-state index in [-0.39, 0.29) is 0 Å². The van der Waals surface area contributed by atoms with Crippen LogP contribution in [-0.2, 0) is 11.0 Å². The van der Waals surface area contributed by atoms with Crippen LogP contribution in [0.5, 0.6) is 5.75 Å². The number of methoxy groups -OCH3 is 1. The van der Waals surface area contributed by atoms with Gasteiger partial charge in [-0.15, -0.1) is 0 Å². The van der Waals surface area contributed by atoms with E-state index in [1.54, 1.807) is 42.5 Å². The van der Waals surface area contributed by atoms with E-state index in [1.807, 2.05) is 0 Å². The fourth-order valence-corrected chi connectivity index (χ4v) is 2.85. The lowest BCUT2D eigenvalue weighted by Crippen LogP contribution is -2.06. The molecule has 0 aliphatic rings. The van der Waals surface area contributed by atoms with Gasteiger partial charge >= 0.3 is 0 Å². The van der Waals surface area contributed by atoms with Gasteiger partial charge in [-0.1, -0.05) is 11.6 Å². The molecule has 1 atom stereocenters. The van der Waals surface area contributed by atoms with Crippen LogP contribution >= 0.6 is 11.6 Å². The molecular weight excluding hydrogens is 298 g/mol. The van der Waals surface area contributed by atoms with Crippen molar-refractivity contribution in [1.82, 2.24) is 0 Å². The summed E-state index contributed by atoms with van der Waals surface area (Å²) < 4.78 is 20.3. The highest BCUT2D eigenvalue weighted by Crippen LogP contribution is 2.26. The van der Waals surface area contributed by atoms with Gasteiger partial charge in [0.1, 0.15) is 16.9 Å². The molecule has 2 aromatic rings. The van der Waals surface area contributed by atoms with Crippen LogP contribution in [0.1, 0.15) is 10.4 Å². The summed E-state index contributed by atoms with van der Waals surface area (Å²) in [5.41, 5.74) is 1.19. The van der Waals surface area contributed by atoms with Gasteiger partial charge in [0.15, 0.2) is 11.0 Å². The summed E-state index contributed by atoms with van der Waals surface area (Å²) in [6, 6.07) is 11.6. The Balaban J connectivity index is 2.22. The van der Waals surface area contributed by atoms with Crippen molar-refractivity contribution in [2.24, 2.45) is 0 Å². The Morgan fingerprint density at radius 3 is 2.50 bits per heavy atom. The summed E-state index contributed by atoms with van der Waals surface area (Å²) in [5, 5.41) is 0.479. The van der Waals surface area contributed by atoms with Crippen molar-refractivity contribution in [1.29, 1.82) is 0 Å². The van der Waals surface area contributed by atoms with Crippen molar-refractivity contribution >= 4 is 34.6 Å². The number of aldehydes is 1. The number of carbonyl (C=O) groups is 1. The third-order valence-electron chi connectivity index (χ3n) is 2.58. The Kier molecular flexibility index (Phi) is 4.76. The average Bonchev–Trinajstić information content (AvgIpc) is 2.48. The zero-order chi connectivity index (χ0) is 14.5. The van der Waals surface area contributed by atoms with Crippen LogP contribution in [0.25, 0.3) is 0 Å². The Morgan fingerprint density at radius 2 is 1.90 bits per heavy atom. The van der Waals surface area contributed by atoms with Crippen LogP contribution in [0.4, 0.5) is 5.69 Å². The van der Waals surface area contributed by atoms with Crippen LogP contribution in [0.2, 0.25) is 5.02 Å². The van der Waals surface area contributed by atoms with Crippen molar-refractivity contribution in [3.05, 3.63) is 53.1 Å². The Labute approximate surface area is 124 Å². The van der Waals surface area contributed by atoms with Gasteiger partial charge in [-0.25, -0.2) is 4.21 Å². The Hall–Kier alpha value is -1.85. The first-order valence-corrected chi connectivity index (χ1v) is 7.24. The van der Waals surface area contributed by atoms with E-state index in [9.17, 15) is 9.00 Å². The third kappa shape index (κ3) is 3.37. The molecule has 104 valence electrons. The lowest BCUT2D eigenvalue weighted by atomic mass is 10.2. The van der Waals surface area contributed by atoms with Crippen LogP contribution < -0.4 is 9.46 Å². The molecule has 0 bridgehead atoms. The van der Waals surface area contributed by atoms with Crippen molar-refractivity contribution in [2.75, 3.05) is 11.8 Å². The maximum absolute atomic E-state index is 12.3. The van der Waals surface area contributed by atoms with E-state index >= 15 is 0 Å². The van der Waals surface area contributed by atoms with Gasteiger partial charge in [-0.3, -0.25) is 4.79 Å². The smallest absolute Gasteiger partial charge is 0.154 e. The molecule has 0 aromatic heterocycles. The molecule has 20 heavy (non-hydrogen) atoms. The van der Waals surface area contributed by atoms with Crippen molar-refractivity contribution in [3.63, 3.8) is 0 Å². The largest absolute Gasteiger partial charge is 0.495 e. The van der Waals surface area contributed by atoms with Gasteiger partial charge < -0.3 is 9.46 Å². The first kappa shape index (κ1) is 14.6. The SMILES string of the molecule is COc1ccc(Cl)cc1S(=O)Nc1ccc(C=O)cc1. The van der Waals surface area contributed by atoms with E-state index in [1.165, 1.54) is 7.11 Å². The maximum atomic E-state index is 12.3. The van der Waals surface area contributed by atoms with Gasteiger partial charge in [-0.2, -0.15) is 0 Å². The zero-order valence-corrected chi connectivity index (χ0v) is 12.2. The lowest BCUT2D eigenvalue weighted by molar-refractivity contribution is 0.112. The van der Waals surface area contributed by atoms with E-state index < -0.39 is 11.0 Å². The van der Waals surface area contributed by atoms with Gasteiger partial charge in [-0.05, 0) is 42.5 Å². The molecule has 0 fully saturated rings. The van der Waals surface area contributed by atoms with Crippen molar-refractivity contribution in [3.8, 4) is 5.75 Å². The Bertz CT molecular complexity index is 643. The number of halogens is 1. The highest BCUT2D eigenvalue weighted by atomic mass is 35.5. The number of carbonyl (C=O) groups excluding carboxylic acids is 1. The molecule has 0 saturated carbocycles. The number of ether oxygens (including phenoxy) is 1. The normalized spacial score (nSPS) is 11.7. The van der Waals surface area contributed by atoms with Crippen LogP contribution in [0.15, 0.2) is 47.4 Å². The summed E-state index contributed by atoms with van der Waals surface area (Å²) in [6.07, 6.45) is 0.751. The van der Waals surface area contributed by atoms with E-state index in [0.717, 1.165) is 6.29 Å². The average molecular weight is 310 g/mol. The topological polar surface area (TPSA) is 55.4 Å². The summed E-state index contributed by atoms with van der Waals surface area (Å²) >= 11 is 5.90. The second-order valence-electron chi connectivity index (χ2n) is 3.91. The monoisotopic (exact) mass is 309 g/mol. The third-order valence-corrected chi connectivity index (χ3v) is 3.96. The highest BCUT2D eigenvalue weighted by molar-refractivity contribution is 7.86. The highest BCUT2D eigenvalue weighted by Gasteiger charge is 2.11. The van der Waals surface area contributed by atoms with Crippen LogP contribution in [0, 0.1) is 0 Å². The van der Waals surface area contributed by atoms with E-state index in [4.69, 9.17) is 16.3 Å². The number of nitrogens with one attached hydrogen (secondary N) is 1. The molecule has 0 saturated heterocycles. The number of anilines is 1. The molecule has 0 aliphatic carbocycles. The quantitative estimate of drug-likeness (QED) is 0.862. The molecule has 0 spiro atoms. The fraction of sp³-hybridized carbons (Fsp3) is 0.0714. The molecule has 0 aliphatic heterocycles. The molecular formula is C14H12ClNO3S. The molecule has 4 nitrogen and oxygen atoms in total. The summed E-state index contributed by atoms with van der Waals surface area (Å²) in [6.45, 7) is 0. The minimum atomic E-state index is -1.51. The summed E-state index contributed by atoms with van der Waals surface area (Å²) in [4.78, 5) is 11.0. The summed E-state index contributed by atoms with van der Waals surface area (Å²) in [7, 11) is -0.00964. The first-order chi connectivity index (χ1) is 9.63. The molecule has 2 aromatic carbocycles. The summed E-state index contributed by atoms with van der Waals surface area (Å²) in [5.74, 6) is 0.491. The van der Waals surface area contributed by atoms with Gasteiger partial charge in [0.25, 0.3) is 0 Å². The number of rotatable bonds is 5. The molecule has 1 unspecified atom stereocenters. The molecule has 0 amide bonds. The molecule has 0 heterocycles. The minimum absolute atomic E-state index is 0.458. The number of hydrogen-bond donors (Lipinski definition) is 1. The zero-order valence-electron chi connectivity index (χ0n) is 10.6. The second-order valence-corrected chi connectivity index (χ2v) is 5.52. The number of hydrogen-bond acceptors (Lipinski definition) is 3. The maximum Gasteiger partial charge on any atom is 0.154 e. The van der Waals surface area contributed by atoms with Gasteiger partial charge in [0, 0.05) is 16.3 Å². The van der Waals surface area contributed by atoms with Crippen molar-refractivity contribution in [2.45, 2.75) is 4.90 Å². The first-order valence-electron chi connectivity index (χ1n) is 5.71. The molecule has 1 N–H and O–H groups in total. The second kappa shape index (κ2) is 6.54.